The van der Waals surface area contributed by atoms with Gasteiger partial charge in [0.15, 0.2) is 0 Å². The Morgan fingerprint density at radius 2 is 1.77 bits per heavy atom. The summed E-state index contributed by atoms with van der Waals surface area (Å²) in [6.45, 7) is 4.04. The van der Waals surface area contributed by atoms with Crippen LogP contribution in [0.15, 0.2) is 48.0 Å². The second kappa shape index (κ2) is 10.9. The number of hydrogen-bond acceptors (Lipinski definition) is 7. The summed E-state index contributed by atoms with van der Waals surface area (Å²) in [5.41, 5.74) is 0.731. The maximum Gasteiger partial charge on any atom is 0.295 e. The number of amides is 1. The van der Waals surface area contributed by atoms with Crippen molar-refractivity contribution in [2.45, 2.75) is 12.5 Å². The molecule has 2 aromatic rings. The van der Waals surface area contributed by atoms with Gasteiger partial charge < -0.3 is 24.2 Å². The lowest BCUT2D eigenvalue weighted by molar-refractivity contribution is -0.140. The number of rotatable bonds is 8. The van der Waals surface area contributed by atoms with Crippen molar-refractivity contribution in [3.8, 4) is 11.5 Å². The Morgan fingerprint density at radius 1 is 1.06 bits per heavy atom. The highest BCUT2D eigenvalue weighted by Crippen LogP contribution is 2.43. The Bertz CT molecular complexity index is 1110. The second-order valence-corrected chi connectivity index (χ2v) is 8.41. The van der Waals surface area contributed by atoms with Crippen LogP contribution in [0.1, 0.15) is 23.6 Å². The molecule has 2 fully saturated rings. The summed E-state index contributed by atoms with van der Waals surface area (Å²) < 4.78 is 29.7. The van der Waals surface area contributed by atoms with Gasteiger partial charge in [-0.1, -0.05) is 0 Å². The molecule has 0 aliphatic carbocycles. The monoisotopic (exact) mass is 484 g/mol. The normalized spacial score (nSPS) is 20.3. The van der Waals surface area contributed by atoms with E-state index in [0.717, 1.165) is 19.6 Å². The third-order valence-electron chi connectivity index (χ3n) is 6.37. The molecule has 2 aliphatic heterocycles. The molecule has 186 valence electrons. The zero-order valence-electron chi connectivity index (χ0n) is 19.8. The number of aliphatic hydroxyl groups excluding tert-OH is 1. The van der Waals surface area contributed by atoms with Crippen LogP contribution in [-0.2, 0) is 14.3 Å². The molecule has 0 aromatic heterocycles. The van der Waals surface area contributed by atoms with Crippen LogP contribution in [0, 0.1) is 5.82 Å². The SMILES string of the molecule is COc1ccc(C2C(=C(O)c3ccc(F)cc3)C(=O)C(=O)N2CCCN2CCOCC2)c(OC)c1. The Kier molecular flexibility index (Phi) is 7.67. The van der Waals surface area contributed by atoms with Crippen molar-refractivity contribution in [1.82, 2.24) is 9.80 Å². The van der Waals surface area contributed by atoms with E-state index in [-0.39, 0.29) is 16.9 Å². The highest BCUT2D eigenvalue weighted by atomic mass is 19.1. The quantitative estimate of drug-likeness (QED) is 0.350. The van der Waals surface area contributed by atoms with Gasteiger partial charge in [-0.25, -0.2) is 4.39 Å². The predicted octanol–water partition coefficient (Wildman–Crippen LogP) is 2.99. The number of benzene rings is 2. The molecule has 2 saturated heterocycles. The van der Waals surface area contributed by atoms with Gasteiger partial charge in [-0.3, -0.25) is 14.5 Å². The van der Waals surface area contributed by atoms with Gasteiger partial charge in [-0.05, 0) is 42.8 Å². The number of Topliss-reactive ketones (excluding diaryl/α,β-unsaturated/α-hetero) is 1. The molecule has 35 heavy (non-hydrogen) atoms. The van der Waals surface area contributed by atoms with E-state index in [4.69, 9.17) is 14.2 Å². The lowest BCUT2D eigenvalue weighted by atomic mass is 9.94. The number of likely N-dealkylation sites (tertiary alicyclic amines) is 1. The standard InChI is InChI=1S/C26H29FN2O6/c1-33-19-8-9-20(21(16-19)34-2)23-22(24(30)17-4-6-18(27)7-5-17)25(31)26(32)29(23)11-3-10-28-12-14-35-15-13-28/h4-9,16,23,30H,3,10-15H2,1-2H3. The minimum atomic E-state index is -0.870. The molecule has 1 atom stereocenters. The molecule has 9 heteroatoms. The van der Waals surface area contributed by atoms with E-state index in [9.17, 15) is 19.1 Å². The minimum Gasteiger partial charge on any atom is -0.507 e. The summed E-state index contributed by atoms with van der Waals surface area (Å²) in [7, 11) is 3.02. The molecule has 2 aromatic carbocycles. The number of halogens is 1. The van der Waals surface area contributed by atoms with Crippen LogP contribution in [-0.4, -0.2) is 80.2 Å². The Hall–Kier alpha value is -3.43. The minimum absolute atomic E-state index is 0.0588. The topological polar surface area (TPSA) is 88.5 Å². The number of hydrogen-bond donors (Lipinski definition) is 1. The lowest BCUT2D eigenvalue weighted by Crippen LogP contribution is -2.39. The fourth-order valence-corrected chi connectivity index (χ4v) is 4.53. The van der Waals surface area contributed by atoms with E-state index < -0.39 is 23.5 Å². The van der Waals surface area contributed by atoms with Gasteiger partial charge in [0, 0.05) is 43.4 Å². The fourth-order valence-electron chi connectivity index (χ4n) is 4.53. The first kappa shape index (κ1) is 24.7. The number of carbonyl (C=O) groups is 2. The fraction of sp³-hybridized carbons (Fsp3) is 0.385. The Morgan fingerprint density at radius 3 is 2.43 bits per heavy atom. The van der Waals surface area contributed by atoms with Gasteiger partial charge in [-0.15, -0.1) is 0 Å². The van der Waals surface area contributed by atoms with Crippen molar-refractivity contribution in [2.24, 2.45) is 0 Å². The third kappa shape index (κ3) is 5.16. The van der Waals surface area contributed by atoms with Crippen LogP contribution in [0.2, 0.25) is 0 Å². The van der Waals surface area contributed by atoms with E-state index in [1.165, 1.54) is 43.4 Å². The van der Waals surface area contributed by atoms with Gasteiger partial charge in [0.25, 0.3) is 11.7 Å². The molecule has 0 spiro atoms. The van der Waals surface area contributed by atoms with Crippen LogP contribution in [0.3, 0.4) is 0 Å². The third-order valence-corrected chi connectivity index (χ3v) is 6.37. The molecule has 2 aliphatic rings. The zero-order chi connectivity index (χ0) is 24.9. The maximum atomic E-state index is 13.5. The molecule has 4 rings (SSSR count). The van der Waals surface area contributed by atoms with Crippen LogP contribution >= 0.6 is 0 Å². The highest BCUT2D eigenvalue weighted by molar-refractivity contribution is 6.46. The molecule has 1 unspecified atom stereocenters. The van der Waals surface area contributed by atoms with Gasteiger partial charge >= 0.3 is 0 Å². The van der Waals surface area contributed by atoms with Gasteiger partial charge in [0.2, 0.25) is 0 Å². The summed E-state index contributed by atoms with van der Waals surface area (Å²) in [5.74, 6) is -1.35. The summed E-state index contributed by atoms with van der Waals surface area (Å²) in [6, 6.07) is 9.36. The first-order valence-electron chi connectivity index (χ1n) is 11.5. The summed E-state index contributed by atoms with van der Waals surface area (Å²) in [4.78, 5) is 30.1. The summed E-state index contributed by atoms with van der Waals surface area (Å²) >= 11 is 0. The molecule has 0 radical (unpaired) electrons. The number of morpholine rings is 1. The predicted molar refractivity (Wildman–Crippen MR) is 127 cm³/mol. The highest BCUT2D eigenvalue weighted by Gasteiger charge is 2.46. The maximum absolute atomic E-state index is 13.5. The number of ketones is 1. The molecular weight excluding hydrogens is 455 g/mol. The van der Waals surface area contributed by atoms with Gasteiger partial charge in [0.1, 0.15) is 23.1 Å². The second-order valence-electron chi connectivity index (χ2n) is 8.41. The van der Waals surface area contributed by atoms with Crippen molar-refractivity contribution in [3.05, 3.63) is 65.0 Å². The number of aliphatic hydroxyl groups is 1. The van der Waals surface area contributed by atoms with E-state index in [1.54, 1.807) is 18.2 Å². The number of carbonyl (C=O) groups excluding carboxylic acids is 2. The molecule has 2 heterocycles. The largest absolute Gasteiger partial charge is 0.507 e. The lowest BCUT2D eigenvalue weighted by Gasteiger charge is -2.29. The average molecular weight is 485 g/mol. The number of ether oxygens (including phenoxy) is 3. The van der Waals surface area contributed by atoms with Crippen molar-refractivity contribution in [3.63, 3.8) is 0 Å². The van der Waals surface area contributed by atoms with Crippen molar-refractivity contribution in [1.29, 1.82) is 0 Å². The number of methoxy groups -OCH3 is 2. The van der Waals surface area contributed by atoms with Crippen LogP contribution in [0.25, 0.3) is 5.76 Å². The van der Waals surface area contributed by atoms with Gasteiger partial charge in [-0.2, -0.15) is 0 Å². The van der Waals surface area contributed by atoms with E-state index >= 15 is 0 Å². The number of nitrogens with zero attached hydrogens (tertiary/aromatic N) is 2. The van der Waals surface area contributed by atoms with Crippen molar-refractivity contribution < 1.29 is 33.3 Å². The Labute approximate surface area is 203 Å². The smallest absolute Gasteiger partial charge is 0.295 e. The zero-order valence-corrected chi connectivity index (χ0v) is 19.8. The van der Waals surface area contributed by atoms with Crippen molar-refractivity contribution >= 4 is 17.4 Å². The molecule has 0 saturated carbocycles. The molecular formula is C26H29FN2O6. The van der Waals surface area contributed by atoms with Crippen LogP contribution in [0.4, 0.5) is 4.39 Å². The summed E-state index contributed by atoms with van der Waals surface area (Å²) in [6.07, 6.45) is 0.637. The van der Waals surface area contributed by atoms with Crippen LogP contribution in [0.5, 0.6) is 11.5 Å². The Balaban J connectivity index is 1.73. The molecule has 8 nitrogen and oxygen atoms in total. The van der Waals surface area contributed by atoms with Crippen LogP contribution < -0.4 is 9.47 Å². The van der Waals surface area contributed by atoms with E-state index in [0.29, 0.717) is 43.2 Å². The first-order chi connectivity index (χ1) is 16.9. The van der Waals surface area contributed by atoms with E-state index in [2.05, 4.69) is 4.90 Å². The first-order valence-corrected chi connectivity index (χ1v) is 11.5. The molecule has 1 amide bonds. The molecule has 1 N–H and O–H groups in total. The van der Waals surface area contributed by atoms with Crippen molar-refractivity contribution in [2.75, 3.05) is 53.6 Å². The van der Waals surface area contributed by atoms with E-state index in [1.807, 2.05) is 0 Å². The van der Waals surface area contributed by atoms with Gasteiger partial charge in [0.05, 0.1) is 39.0 Å². The average Bonchev–Trinajstić information content (AvgIpc) is 3.13. The molecule has 0 bridgehead atoms. The summed E-state index contributed by atoms with van der Waals surface area (Å²) in [5, 5.41) is 11.1.